The quantitative estimate of drug-likeness (QED) is 0.0348. The van der Waals surface area contributed by atoms with Crippen LogP contribution >= 0.6 is 34.0 Å². The van der Waals surface area contributed by atoms with Gasteiger partial charge in [0.15, 0.2) is 11.5 Å². The van der Waals surface area contributed by atoms with Crippen LogP contribution in [0.1, 0.15) is 131 Å². The second kappa shape index (κ2) is 21.1. The summed E-state index contributed by atoms with van der Waals surface area (Å²) >= 11 is 5.19. The average molecular weight is 1050 g/mol. The number of thiophene rings is 3. The lowest BCUT2D eigenvalue weighted by Crippen LogP contribution is -2.18. The first-order chi connectivity index (χ1) is 36.5. The Labute approximate surface area is 454 Å². The summed E-state index contributed by atoms with van der Waals surface area (Å²) in [5, 5.41) is 9.73. The predicted octanol–water partition coefficient (Wildman–Crippen LogP) is 19.0. The van der Waals surface area contributed by atoms with Crippen LogP contribution in [0, 0.1) is 11.3 Å². The molecule has 3 aliphatic rings. The van der Waals surface area contributed by atoms with Gasteiger partial charge in [-0.1, -0.05) is 153 Å². The molecule has 0 bridgehead atoms. The topological polar surface area (TPSA) is 71.8 Å². The highest BCUT2D eigenvalue weighted by Gasteiger charge is 2.38. The Balaban J connectivity index is 1.00. The number of nitriles is 1. The number of allylic oxidation sites excluding steroid dienone is 1. The molecule has 2 aliphatic carbocycles. The van der Waals surface area contributed by atoms with Gasteiger partial charge in [0.25, 0.3) is 6.47 Å². The fourth-order valence-electron chi connectivity index (χ4n) is 11.8. The Hall–Kier alpha value is -6.70. The van der Waals surface area contributed by atoms with Gasteiger partial charge >= 0.3 is 0 Å². The molecule has 0 amide bonds. The fourth-order valence-corrected chi connectivity index (χ4v) is 15.6. The fraction of sp³-hybridized carbons (Fsp3) is 0.303. The second-order valence-corrected chi connectivity index (χ2v) is 24.4. The number of ether oxygens (including phenoxy) is 3. The van der Waals surface area contributed by atoms with Gasteiger partial charge in [-0.3, -0.25) is 4.79 Å². The molecule has 9 heteroatoms. The number of aryl methyl sites for hydroxylation is 2. The number of nitrogens with zero attached hydrogens (tertiary/aromatic N) is 2. The Kier molecular flexibility index (Phi) is 14.2. The van der Waals surface area contributed by atoms with E-state index in [9.17, 15) is 10.1 Å². The molecule has 0 radical (unpaired) electrons. The van der Waals surface area contributed by atoms with Crippen molar-refractivity contribution in [1.29, 1.82) is 5.26 Å². The first-order valence-corrected chi connectivity index (χ1v) is 29.3. The predicted molar refractivity (Wildman–Crippen MR) is 314 cm³/mol. The average Bonchev–Trinajstić information content (AvgIpc) is 4.24. The third-order valence-electron chi connectivity index (χ3n) is 15.7. The SMILES string of the molecule is CCCCCCc1cc(-c2sc(-c3sc(/C=C(\C#N)OC=O)cc3CCCCCC)c3c2OCCO3)sc1-c1ccc(N(c2ccc3c(c2)C(C)(C)c2ccccc2-3)c2ccc3c(c2)C(C)(C)c2ccccc2-3)cc1. The molecule has 6 nitrogen and oxygen atoms in total. The van der Waals surface area contributed by atoms with E-state index >= 15 is 0 Å². The maximum absolute atomic E-state index is 11.2. The third kappa shape index (κ3) is 9.34. The molecule has 0 spiro atoms. The molecule has 0 fully saturated rings. The van der Waals surface area contributed by atoms with Gasteiger partial charge in [-0.25, -0.2) is 0 Å². The lowest BCUT2D eigenvalue weighted by Gasteiger charge is -2.30. The van der Waals surface area contributed by atoms with Crippen molar-refractivity contribution in [2.75, 3.05) is 18.1 Å². The number of hydrogen-bond donors (Lipinski definition) is 0. The molecule has 11 rings (SSSR count). The van der Waals surface area contributed by atoms with Crippen molar-refractivity contribution in [2.45, 2.75) is 117 Å². The van der Waals surface area contributed by atoms with Crippen molar-refractivity contribution in [1.82, 2.24) is 0 Å². The minimum Gasteiger partial charge on any atom is -0.485 e. The van der Waals surface area contributed by atoms with Gasteiger partial charge < -0.3 is 19.1 Å². The highest BCUT2D eigenvalue weighted by Crippen LogP contribution is 2.58. The normalized spacial score (nSPS) is 14.4. The maximum Gasteiger partial charge on any atom is 0.299 e. The first kappa shape index (κ1) is 50.5. The number of hydrogen-bond acceptors (Lipinski definition) is 9. The first-order valence-electron chi connectivity index (χ1n) is 26.8. The Morgan fingerprint density at radius 2 is 1.12 bits per heavy atom. The van der Waals surface area contributed by atoms with Crippen LogP contribution in [0.5, 0.6) is 11.5 Å². The zero-order chi connectivity index (χ0) is 51.8. The summed E-state index contributed by atoms with van der Waals surface area (Å²) in [6.45, 7) is 15.2. The van der Waals surface area contributed by atoms with E-state index in [1.165, 1.54) is 96.6 Å². The molecule has 0 saturated heterocycles. The molecular formula is C66H64N2O4S3. The van der Waals surface area contributed by atoms with Crippen LogP contribution < -0.4 is 14.4 Å². The number of benzene rings is 5. The minimum absolute atomic E-state index is 0.0284. The summed E-state index contributed by atoms with van der Waals surface area (Å²) in [5.74, 6) is 1.57. The Morgan fingerprint density at radius 1 is 0.587 bits per heavy atom. The Bertz CT molecular complexity index is 3400. The molecule has 0 unspecified atom stereocenters. The summed E-state index contributed by atoms with van der Waals surface area (Å²) in [6.07, 6.45) is 12.8. The van der Waals surface area contributed by atoms with Crippen LogP contribution in [0.4, 0.5) is 17.1 Å². The number of anilines is 3. The van der Waals surface area contributed by atoms with Crippen molar-refractivity contribution in [3.8, 4) is 69.8 Å². The maximum atomic E-state index is 11.2. The Morgan fingerprint density at radius 3 is 1.68 bits per heavy atom. The molecule has 0 saturated carbocycles. The summed E-state index contributed by atoms with van der Waals surface area (Å²) in [5.41, 5.74) is 17.6. The van der Waals surface area contributed by atoms with E-state index < -0.39 is 0 Å². The van der Waals surface area contributed by atoms with E-state index in [1.807, 2.05) is 17.4 Å². The highest BCUT2D eigenvalue weighted by molar-refractivity contribution is 7.28. The zero-order valence-corrected chi connectivity index (χ0v) is 46.4. The van der Waals surface area contributed by atoms with Gasteiger partial charge in [-0.15, -0.1) is 34.0 Å². The smallest absolute Gasteiger partial charge is 0.299 e. The molecule has 1 aliphatic heterocycles. The van der Waals surface area contributed by atoms with Gasteiger partial charge in [0, 0.05) is 48.6 Å². The van der Waals surface area contributed by atoms with Crippen LogP contribution in [-0.2, 0) is 33.2 Å². The van der Waals surface area contributed by atoms with E-state index in [0.717, 1.165) is 86.6 Å². The zero-order valence-electron chi connectivity index (χ0n) is 43.9. The molecule has 5 aromatic carbocycles. The molecule has 3 aromatic heterocycles. The summed E-state index contributed by atoms with van der Waals surface area (Å²) < 4.78 is 18.1. The van der Waals surface area contributed by atoms with E-state index in [0.29, 0.717) is 19.7 Å². The monoisotopic (exact) mass is 1040 g/mol. The number of unbranched alkanes of at least 4 members (excludes halogenated alkanes) is 6. The number of rotatable bonds is 19. The summed E-state index contributed by atoms with van der Waals surface area (Å²) in [7, 11) is 0. The van der Waals surface area contributed by atoms with Crippen LogP contribution in [-0.4, -0.2) is 19.7 Å². The van der Waals surface area contributed by atoms with Crippen molar-refractivity contribution in [3.05, 3.63) is 165 Å². The molecule has 0 atom stereocenters. The summed E-state index contributed by atoms with van der Waals surface area (Å²) in [6, 6.07) is 47.8. The largest absolute Gasteiger partial charge is 0.485 e. The van der Waals surface area contributed by atoms with Gasteiger partial charge in [0.05, 0.1) is 14.6 Å². The lowest BCUT2D eigenvalue weighted by molar-refractivity contribution is -0.124. The molecule has 380 valence electrons. The van der Waals surface area contributed by atoms with Crippen LogP contribution in [0.25, 0.3) is 58.3 Å². The standard InChI is InChI=1S/C66H64N2O4S3/c1-7-9-11-13-19-43-35-49(39-48(40-67)72-41-69)73-62(43)64-60-59(70-33-34-71-60)63(75-64)58-36-44(20-14-12-10-8-2)61(74-58)42-25-27-45(28-26-42)68(46-29-31-52-50-21-15-17-23-54(50)65(3,4)56(52)37-46)47-30-32-53-51-22-16-18-24-55(51)66(5,6)57(53)38-47/h15-18,21-32,35-39,41H,7-14,19-20,33-34H2,1-6H3/b48-39+. The van der Waals surface area contributed by atoms with Crippen LogP contribution in [0.15, 0.2) is 127 Å². The number of carbonyl (C=O) groups excluding carboxylic acids is 1. The van der Waals surface area contributed by atoms with Crippen molar-refractivity contribution in [3.63, 3.8) is 0 Å². The minimum atomic E-state index is -0.140. The van der Waals surface area contributed by atoms with Gasteiger partial charge in [0.2, 0.25) is 5.76 Å². The van der Waals surface area contributed by atoms with Crippen LogP contribution in [0.3, 0.4) is 0 Å². The van der Waals surface area contributed by atoms with Gasteiger partial charge in [-0.05, 0) is 135 Å². The third-order valence-corrected chi connectivity index (χ3v) is 19.5. The summed E-state index contributed by atoms with van der Waals surface area (Å²) in [4.78, 5) is 20.3. The van der Waals surface area contributed by atoms with E-state index in [2.05, 4.69) is 168 Å². The molecule has 75 heavy (non-hydrogen) atoms. The van der Waals surface area contributed by atoms with Crippen molar-refractivity contribution < 1.29 is 19.0 Å². The molecule has 8 aromatic rings. The van der Waals surface area contributed by atoms with Crippen LogP contribution in [0.2, 0.25) is 0 Å². The molecular weight excluding hydrogens is 981 g/mol. The van der Waals surface area contributed by atoms with Gasteiger partial charge in [0.1, 0.15) is 19.3 Å². The van der Waals surface area contributed by atoms with E-state index in [-0.39, 0.29) is 16.6 Å². The lowest BCUT2D eigenvalue weighted by atomic mass is 9.82. The molecule has 4 heterocycles. The second-order valence-electron chi connectivity index (χ2n) is 21.2. The van der Waals surface area contributed by atoms with Gasteiger partial charge in [-0.2, -0.15) is 5.26 Å². The van der Waals surface area contributed by atoms with E-state index in [1.54, 1.807) is 28.7 Å². The molecule has 0 N–H and O–H groups in total. The number of carbonyl (C=O) groups is 1. The van der Waals surface area contributed by atoms with Crippen molar-refractivity contribution in [2.24, 2.45) is 0 Å². The van der Waals surface area contributed by atoms with Crippen molar-refractivity contribution >= 4 is 63.6 Å². The highest BCUT2D eigenvalue weighted by atomic mass is 32.1. The number of fused-ring (bicyclic) bond motifs is 7. The van der Waals surface area contributed by atoms with E-state index in [4.69, 9.17) is 14.2 Å².